The predicted octanol–water partition coefficient (Wildman–Crippen LogP) is 5.23. The molecule has 0 saturated carbocycles. The maximum absolute atomic E-state index is 11.6. The van der Waals surface area contributed by atoms with Crippen LogP contribution < -0.4 is 16.4 Å². The highest BCUT2D eigenvalue weighted by atomic mass is 16.1. The van der Waals surface area contributed by atoms with E-state index in [0.717, 1.165) is 64.8 Å². The molecule has 1 aliphatic heterocycles. The Morgan fingerprint density at radius 2 is 1.85 bits per heavy atom. The predicted molar refractivity (Wildman–Crippen MR) is 156 cm³/mol. The largest absolute Gasteiger partial charge is 0.383 e. The number of pyridine rings is 2. The van der Waals surface area contributed by atoms with Gasteiger partial charge in [0.25, 0.3) is 0 Å². The van der Waals surface area contributed by atoms with Crippen LogP contribution in [0.1, 0.15) is 25.3 Å². The normalized spacial score (nSPS) is 14.0. The Bertz CT molecular complexity index is 1640. The standard InChI is InChI=1S/C31H31N7O/c1-20(39)35-24-5-2-4-23(19-24)27-11-12-28-31(36-27)38(30(37-28)26-6-3-15-34-29(26)32)25-9-7-21(8-10-25)18-22-13-16-33-17-14-22/h2-12,15,19,22,33H,13-14,16-18H2,1H3,(H2,32,34)(H,35,39). The average molecular weight is 518 g/mol. The number of carbonyl (C=O) groups excluding carboxylic acids is 1. The molecule has 4 N–H and O–H groups in total. The van der Waals surface area contributed by atoms with Gasteiger partial charge in [-0.25, -0.2) is 15.0 Å². The van der Waals surface area contributed by atoms with Crippen molar-refractivity contribution in [3.63, 3.8) is 0 Å². The number of nitrogens with zero attached hydrogens (tertiary/aromatic N) is 4. The second-order valence-electron chi connectivity index (χ2n) is 10.1. The zero-order chi connectivity index (χ0) is 26.8. The number of nitrogens with one attached hydrogen (secondary N) is 2. The molecule has 0 aliphatic carbocycles. The summed E-state index contributed by atoms with van der Waals surface area (Å²) in [5.74, 6) is 1.71. The monoisotopic (exact) mass is 517 g/mol. The molecular weight excluding hydrogens is 486 g/mol. The number of hydrogen-bond donors (Lipinski definition) is 3. The quantitative estimate of drug-likeness (QED) is 0.284. The van der Waals surface area contributed by atoms with Crippen molar-refractivity contribution < 1.29 is 4.79 Å². The Morgan fingerprint density at radius 3 is 2.62 bits per heavy atom. The minimum atomic E-state index is -0.115. The summed E-state index contributed by atoms with van der Waals surface area (Å²) in [4.78, 5) is 25.9. The van der Waals surface area contributed by atoms with E-state index in [-0.39, 0.29) is 5.91 Å². The molecule has 6 rings (SSSR count). The molecule has 196 valence electrons. The van der Waals surface area contributed by atoms with Crippen LogP contribution in [0.25, 0.3) is 39.5 Å². The summed E-state index contributed by atoms with van der Waals surface area (Å²) < 4.78 is 2.05. The van der Waals surface area contributed by atoms with E-state index < -0.39 is 0 Å². The molecule has 4 heterocycles. The number of nitrogens with two attached hydrogens (primary N) is 1. The summed E-state index contributed by atoms with van der Waals surface area (Å²) >= 11 is 0. The van der Waals surface area contributed by atoms with Gasteiger partial charge in [-0.15, -0.1) is 0 Å². The van der Waals surface area contributed by atoms with Crippen LogP contribution in [0, 0.1) is 5.92 Å². The van der Waals surface area contributed by atoms with E-state index in [0.29, 0.717) is 11.6 Å². The van der Waals surface area contributed by atoms with Gasteiger partial charge >= 0.3 is 0 Å². The van der Waals surface area contributed by atoms with E-state index >= 15 is 0 Å². The maximum atomic E-state index is 11.6. The molecule has 2 aromatic carbocycles. The molecule has 8 heteroatoms. The first-order chi connectivity index (χ1) is 19.0. The fraction of sp³-hybridized carbons (Fsp3) is 0.226. The van der Waals surface area contributed by atoms with Gasteiger partial charge < -0.3 is 16.4 Å². The number of aromatic nitrogens is 4. The second kappa shape index (κ2) is 10.7. The molecule has 8 nitrogen and oxygen atoms in total. The smallest absolute Gasteiger partial charge is 0.221 e. The van der Waals surface area contributed by atoms with Crippen LogP contribution >= 0.6 is 0 Å². The van der Waals surface area contributed by atoms with Crippen molar-refractivity contribution in [1.82, 2.24) is 24.8 Å². The van der Waals surface area contributed by atoms with Crippen LogP contribution in [0.3, 0.4) is 0 Å². The molecule has 1 aliphatic rings. The third-order valence-corrected chi connectivity index (χ3v) is 7.24. The minimum Gasteiger partial charge on any atom is -0.383 e. The maximum Gasteiger partial charge on any atom is 0.221 e. The highest BCUT2D eigenvalue weighted by Gasteiger charge is 2.19. The number of carbonyl (C=O) groups is 1. The lowest BCUT2D eigenvalue weighted by molar-refractivity contribution is -0.114. The first-order valence-corrected chi connectivity index (χ1v) is 13.3. The topological polar surface area (TPSA) is 111 Å². The van der Waals surface area contributed by atoms with Gasteiger partial charge in [-0.2, -0.15) is 0 Å². The first kappa shape index (κ1) is 24.8. The minimum absolute atomic E-state index is 0.115. The number of fused-ring (bicyclic) bond motifs is 1. The molecule has 3 aromatic heterocycles. The Labute approximate surface area is 227 Å². The second-order valence-corrected chi connectivity index (χ2v) is 10.1. The van der Waals surface area contributed by atoms with Crippen LogP contribution in [0.4, 0.5) is 11.5 Å². The molecule has 5 aromatic rings. The lowest BCUT2D eigenvalue weighted by atomic mass is 9.91. The fourth-order valence-electron chi connectivity index (χ4n) is 5.31. The van der Waals surface area contributed by atoms with Crippen molar-refractivity contribution in [3.8, 4) is 28.3 Å². The molecule has 0 spiro atoms. The summed E-state index contributed by atoms with van der Waals surface area (Å²) in [5, 5.41) is 6.30. The van der Waals surface area contributed by atoms with Crippen molar-refractivity contribution in [2.75, 3.05) is 24.1 Å². The number of hydrogen-bond acceptors (Lipinski definition) is 6. The van der Waals surface area contributed by atoms with E-state index in [1.165, 1.54) is 25.3 Å². The molecule has 0 unspecified atom stereocenters. The van der Waals surface area contributed by atoms with Gasteiger partial charge in [-0.05, 0) is 92.4 Å². The van der Waals surface area contributed by atoms with Gasteiger partial charge in [0.1, 0.15) is 11.3 Å². The van der Waals surface area contributed by atoms with E-state index in [4.69, 9.17) is 15.7 Å². The number of anilines is 2. The Balaban J connectivity index is 1.45. The highest BCUT2D eigenvalue weighted by molar-refractivity contribution is 5.90. The van der Waals surface area contributed by atoms with E-state index in [9.17, 15) is 4.79 Å². The van der Waals surface area contributed by atoms with Gasteiger partial charge in [-0.1, -0.05) is 24.3 Å². The van der Waals surface area contributed by atoms with E-state index in [1.54, 1.807) is 6.20 Å². The molecule has 0 radical (unpaired) electrons. The first-order valence-electron chi connectivity index (χ1n) is 13.3. The highest BCUT2D eigenvalue weighted by Crippen LogP contribution is 2.32. The fourth-order valence-corrected chi connectivity index (χ4v) is 5.31. The summed E-state index contributed by atoms with van der Waals surface area (Å²) in [6.45, 7) is 3.70. The van der Waals surface area contributed by atoms with Crippen LogP contribution in [0.15, 0.2) is 79.0 Å². The molecule has 1 fully saturated rings. The van der Waals surface area contributed by atoms with Crippen LogP contribution in [0.5, 0.6) is 0 Å². The molecule has 1 saturated heterocycles. The van der Waals surface area contributed by atoms with Crippen molar-refractivity contribution in [2.24, 2.45) is 5.92 Å². The number of piperidine rings is 1. The van der Waals surface area contributed by atoms with Gasteiger partial charge in [0, 0.05) is 30.1 Å². The van der Waals surface area contributed by atoms with Crippen molar-refractivity contribution >= 4 is 28.6 Å². The molecule has 1 amide bonds. The average Bonchev–Trinajstić information content (AvgIpc) is 3.33. The van der Waals surface area contributed by atoms with E-state index in [2.05, 4.69) is 44.5 Å². The third-order valence-electron chi connectivity index (χ3n) is 7.24. The number of benzene rings is 2. The van der Waals surface area contributed by atoms with Crippen molar-refractivity contribution in [3.05, 3.63) is 84.6 Å². The summed E-state index contributed by atoms with van der Waals surface area (Å²) in [7, 11) is 0. The lowest BCUT2D eigenvalue weighted by Gasteiger charge is -2.22. The van der Waals surface area contributed by atoms with Crippen molar-refractivity contribution in [1.29, 1.82) is 0 Å². The molecule has 0 atom stereocenters. The zero-order valence-electron chi connectivity index (χ0n) is 21.9. The Morgan fingerprint density at radius 1 is 1.03 bits per heavy atom. The Kier molecular flexibility index (Phi) is 6.77. The number of rotatable bonds is 6. The molecule has 39 heavy (non-hydrogen) atoms. The van der Waals surface area contributed by atoms with Crippen LogP contribution in [-0.4, -0.2) is 38.5 Å². The summed E-state index contributed by atoms with van der Waals surface area (Å²) in [5.41, 5.74) is 13.2. The molecule has 0 bridgehead atoms. The van der Waals surface area contributed by atoms with Crippen LogP contribution in [-0.2, 0) is 11.2 Å². The van der Waals surface area contributed by atoms with Crippen molar-refractivity contribution in [2.45, 2.75) is 26.2 Å². The number of nitrogen functional groups attached to an aromatic ring is 1. The number of amides is 1. The lowest BCUT2D eigenvalue weighted by Crippen LogP contribution is -2.28. The Hall–Kier alpha value is -4.56. The van der Waals surface area contributed by atoms with Gasteiger partial charge in [0.05, 0.1) is 11.3 Å². The molecular formula is C31H31N7O. The number of imidazole rings is 1. The van der Waals surface area contributed by atoms with Gasteiger partial charge in [0.2, 0.25) is 5.91 Å². The SMILES string of the molecule is CC(=O)Nc1cccc(-c2ccc3nc(-c4cccnc4N)n(-c4ccc(CC5CCNCC5)cc4)c3n2)c1. The van der Waals surface area contributed by atoms with Gasteiger partial charge in [0.15, 0.2) is 11.5 Å². The van der Waals surface area contributed by atoms with E-state index in [1.807, 2.05) is 48.5 Å². The zero-order valence-corrected chi connectivity index (χ0v) is 21.9. The third kappa shape index (κ3) is 5.24. The van der Waals surface area contributed by atoms with Gasteiger partial charge in [-0.3, -0.25) is 9.36 Å². The summed E-state index contributed by atoms with van der Waals surface area (Å²) in [6, 6.07) is 24.1. The van der Waals surface area contributed by atoms with Crippen LogP contribution in [0.2, 0.25) is 0 Å². The summed E-state index contributed by atoms with van der Waals surface area (Å²) in [6.07, 6.45) is 5.20.